The van der Waals surface area contributed by atoms with Gasteiger partial charge < -0.3 is 15.9 Å². The first kappa shape index (κ1) is 16.9. The number of aromatic hydroxyl groups is 2. The van der Waals surface area contributed by atoms with E-state index in [0.29, 0.717) is 0 Å². The van der Waals surface area contributed by atoms with Crippen LogP contribution < -0.4 is 5.73 Å². The van der Waals surface area contributed by atoms with Crippen molar-refractivity contribution in [2.75, 3.05) is 5.73 Å². The van der Waals surface area contributed by atoms with E-state index in [0.717, 1.165) is 39.9 Å². The first-order valence-corrected chi connectivity index (χ1v) is 8.38. The van der Waals surface area contributed by atoms with E-state index >= 15 is 0 Å². The van der Waals surface area contributed by atoms with Gasteiger partial charge in [-0.25, -0.2) is 0 Å². The Bertz CT molecular complexity index is 834. The molecule has 0 fully saturated rings. The molecule has 0 spiro atoms. The lowest BCUT2D eigenvalue weighted by Crippen LogP contribution is -2.09. The molecule has 4 N–H and O–H groups in total. The van der Waals surface area contributed by atoms with Crippen LogP contribution in [0.2, 0.25) is 0 Å². The molecule has 3 aromatic rings. The van der Waals surface area contributed by atoms with E-state index in [1.807, 2.05) is 62.4 Å². The Kier molecular flexibility index (Phi) is 4.66. The fraction of sp³-hybridized carbons (Fsp3) is 0.182. The Morgan fingerprint density at radius 2 is 1.24 bits per heavy atom. The molecular formula is C22H23NO2. The molecule has 3 nitrogen and oxygen atoms in total. The molecule has 0 amide bonds. The molecule has 0 unspecified atom stereocenters. The fourth-order valence-electron chi connectivity index (χ4n) is 3.31. The molecule has 3 rings (SSSR count). The van der Waals surface area contributed by atoms with Gasteiger partial charge in [-0.05, 0) is 72.4 Å². The molecule has 0 aromatic heterocycles. The number of hydrogen-bond donors (Lipinski definition) is 3. The molecule has 0 aliphatic heterocycles. The maximum Gasteiger partial charge on any atom is 0.118 e. The van der Waals surface area contributed by atoms with Crippen LogP contribution in [0.4, 0.5) is 5.69 Å². The summed E-state index contributed by atoms with van der Waals surface area (Å²) >= 11 is 0. The van der Waals surface area contributed by atoms with Gasteiger partial charge >= 0.3 is 0 Å². The van der Waals surface area contributed by atoms with Gasteiger partial charge in [-0.1, -0.05) is 36.4 Å². The number of phenols is 2. The number of nitrogen functional groups attached to an aromatic ring is 1. The summed E-state index contributed by atoms with van der Waals surface area (Å²) in [6.45, 7) is 3.86. The zero-order chi connectivity index (χ0) is 18.0. The molecule has 0 radical (unpaired) electrons. The average molecular weight is 333 g/mol. The van der Waals surface area contributed by atoms with Gasteiger partial charge in [0.25, 0.3) is 0 Å². The van der Waals surface area contributed by atoms with Gasteiger partial charge in [0.15, 0.2) is 0 Å². The first-order chi connectivity index (χ1) is 12.0. The van der Waals surface area contributed by atoms with Crippen molar-refractivity contribution in [3.05, 3.63) is 88.5 Å². The lowest BCUT2D eigenvalue weighted by atomic mass is 9.81. The van der Waals surface area contributed by atoms with Crippen molar-refractivity contribution in [3.63, 3.8) is 0 Å². The fourth-order valence-corrected chi connectivity index (χ4v) is 3.31. The summed E-state index contributed by atoms with van der Waals surface area (Å²) in [6, 6.07) is 19.1. The maximum atomic E-state index is 10.2. The lowest BCUT2D eigenvalue weighted by molar-refractivity contribution is 0.468. The predicted octanol–water partition coefficient (Wildman–Crippen LogP) is 4.67. The van der Waals surface area contributed by atoms with Crippen LogP contribution in [0, 0.1) is 13.8 Å². The minimum atomic E-state index is 0.0304. The molecule has 0 heterocycles. The summed E-state index contributed by atoms with van der Waals surface area (Å²) in [7, 11) is 0. The summed E-state index contributed by atoms with van der Waals surface area (Å²) in [6.07, 6.45) is 0.759. The van der Waals surface area contributed by atoms with Crippen LogP contribution in [-0.4, -0.2) is 10.2 Å². The summed E-state index contributed by atoms with van der Waals surface area (Å²) in [4.78, 5) is 0. The predicted molar refractivity (Wildman–Crippen MR) is 102 cm³/mol. The maximum absolute atomic E-state index is 10.2. The molecule has 3 heteroatoms. The van der Waals surface area contributed by atoms with Gasteiger partial charge in [0.2, 0.25) is 0 Å². The second-order valence-electron chi connectivity index (χ2n) is 6.48. The Labute approximate surface area is 148 Å². The molecule has 25 heavy (non-hydrogen) atoms. The van der Waals surface area contributed by atoms with Gasteiger partial charge in [-0.3, -0.25) is 0 Å². The van der Waals surface area contributed by atoms with Crippen molar-refractivity contribution in [2.45, 2.75) is 26.2 Å². The zero-order valence-corrected chi connectivity index (χ0v) is 14.5. The number of phenolic OH excluding ortho intramolecular Hbond substituents is 2. The highest BCUT2D eigenvalue weighted by Crippen LogP contribution is 2.37. The quantitative estimate of drug-likeness (QED) is 0.608. The Morgan fingerprint density at radius 1 is 0.760 bits per heavy atom. The van der Waals surface area contributed by atoms with Crippen molar-refractivity contribution in [1.29, 1.82) is 0 Å². The third kappa shape index (κ3) is 3.45. The normalized spacial score (nSPS) is 11.0. The molecule has 128 valence electrons. The summed E-state index contributed by atoms with van der Waals surface area (Å²) in [5.74, 6) is 0.609. The van der Waals surface area contributed by atoms with Crippen LogP contribution in [-0.2, 0) is 6.42 Å². The second kappa shape index (κ2) is 6.89. The molecular weight excluding hydrogens is 310 g/mol. The van der Waals surface area contributed by atoms with Crippen LogP contribution in [0.5, 0.6) is 11.5 Å². The van der Waals surface area contributed by atoms with Crippen molar-refractivity contribution in [2.24, 2.45) is 0 Å². The number of benzene rings is 3. The molecule has 0 bridgehead atoms. The van der Waals surface area contributed by atoms with Crippen molar-refractivity contribution >= 4 is 5.69 Å². The zero-order valence-electron chi connectivity index (χ0n) is 14.5. The Balaban J connectivity index is 2.12. The highest BCUT2D eigenvalue weighted by Gasteiger charge is 2.21. The van der Waals surface area contributed by atoms with Crippen molar-refractivity contribution in [3.8, 4) is 11.5 Å². The first-order valence-electron chi connectivity index (χ1n) is 8.38. The van der Waals surface area contributed by atoms with Crippen LogP contribution in [0.15, 0.2) is 60.7 Å². The van der Waals surface area contributed by atoms with E-state index in [4.69, 9.17) is 5.73 Å². The number of anilines is 1. The van der Waals surface area contributed by atoms with Crippen LogP contribution in [0.1, 0.15) is 33.7 Å². The number of nitrogens with two attached hydrogens (primary N) is 1. The number of hydrogen-bond acceptors (Lipinski definition) is 3. The van der Waals surface area contributed by atoms with E-state index in [9.17, 15) is 10.2 Å². The Hall–Kier alpha value is -2.94. The van der Waals surface area contributed by atoms with Gasteiger partial charge in [0.05, 0.1) is 0 Å². The summed E-state index contributed by atoms with van der Waals surface area (Å²) in [5, 5.41) is 20.3. The standard InChI is InChI=1S/C22H23NO2/c1-14-18(5-3-7-21(14)24)20(13-16-9-11-17(23)12-10-16)19-6-4-8-22(25)15(19)2/h3-12,20,24-25H,13,23H2,1-2H3. The van der Waals surface area contributed by atoms with E-state index < -0.39 is 0 Å². The van der Waals surface area contributed by atoms with Gasteiger partial charge in [-0.2, -0.15) is 0 Å². The third-order valence-electron chi connectivity index (χ3n) is 4.86. The summed E-state index contributed by atoms with van der Waals surface area (Å²) in [5.41, 5.74) is 11.6. The highest BCUT2D eigenvalue weighted by molar-refractivity contribution is 5.50. The van der Waals surface area contributed by atoms with Crippen molar-refractivity contribution < 1.29 is 10.2 Å². The number of rotatable bonds is 4. The van der Waals surface area contributed by atoms with Crippen LogP contribution in [0.3, 0.4) is 0 Å². The minimum absolute atomic E-state index is 0.0304. The Morgan fingerprint density at radius 3 is 1.72 bits per heavy atom. The molecule has 0 aliphatic rings. The molecule has 0 aliphatic carbocycles. The smallest absolute Gasteiger partial charge is 0.118 e. The minimum Gasteiger partial charge on any atom is -0.508 e. The molecule has 3 aromatic carbocycles. The average Bonchev–Trinajstić information content (AvgIpc) is 2.60. The van der Waals surface area contributed by atoms with Gasteiger partial charge in [0, 0.05) is 11.6 Å². The highest BCUT2D eigenvalue weighted by atomic mass is 16.3. The monoisotopic (exact) mass is 333 g/mol. The van der Waals surface area contributed by atoms with E-state index in [1.165, 1.54) is 0 Å². The largest absolute Gasteiger partial charge is 0.508 e. The topological polar surface area (TPSA) is 66.5 Å². The van der Waals surface area contributed by atoms with E-state index in [-0.39, 0.29) is 17.4 Å². The molecule has 0 atom stereocenters. The lowest BCUT2D eigenvalue weighted by Gasteiger charge is -2.23. The van der Waals surface area contributed by atoms with Crippen molar-refractivity contribution in [1.82, 2.24) is 0 Å². The van der Waals surface area contributed by atoms with Gasteiger partial charge in [0.1, 0.15) is 11.5 Å². The molecule has 0 saturated heterocycles. The van der Waals surface area contributed by atoms with Crippen LogP contribution in [0.25, 0.3) is 0 Å². The van der Waals surface area contributed by atoms with E-state index in [1.54, 1.807) is 12.1 Å². The summed E-state index contributed by atoms with van der Waals surface area (Å²) < 4.78 is 0. The van der Waals surface area contributed by atoms with Crippen LogP contribution >= 0.6 is 0 Å². The second-order valence-corrected chi connectivity index (χ2v) is 6.48. The molecule has 0 saturated carbocycles. The van der Waals surface area contributed by atoms with E-state index in [2.05, 4.69) is 0 Å². The third-order valence-corrected chi connectivity index (χ3v) is 4.86. The SMILES string of the molecule is Cc1c(O)cccc1C(Cc1ccc(N)cc1)c1cccc(O)c1C. The van der Waals surface area contributed by atoms with Gasteiger partial charge in [-0.15, -0.1) is 0 Å².